The maximum absolute atomic E-state index is 14.4. The van der Waals surface area contributed by atoms with Gasteiger partial charge in [-0.05, 0) is 79.3 Å². The van der Waals surface area contributed by atoms with Crippen molar-refractivity contribution in [3.05, 3.63) is 52.5 Å². The van der Waals surface area contributed by atoms with E-state index in [1.54, 1.807) is 6.07 Å². The third-order valence-corrected chi connectivity index (χ3v) is 4.79. The fourth-order valence-electron chi connectivity index (χ4n) is 3.19. The molecule has 3 rings (SSSR count). The van der Waals surface area contributed by atoms with Gasteiger partial charge in [-0.25, -0.2) is 9.37 Å². The lowest BCUT2D eigenvalue weighted by Gasteiger charge is -2.15. The summed E-state index contributed by atoms with van der Waals surface area (Å²) in [5.41, 5.74) is 5.31. The zero-order valence-corrected chi connectivity index (χ0v) is 14.2. The highest BCUT2D eigenvalue weighted by molar-refractivity contribution is 5.62. The van der Waals surface area contributed by atoms with Gasteiger partial charge in [-0.2, -0.15) is 0 Å². The van der Waals surface area contributed by atoms with Gasteiger partial charge in [-0.3, -0.25) is 0 Å². The first-order chi connectivity index (χ1) is 11.1. The quantitative estimate of drug-likeness (QED) is 0.777. The zero-order valence-electron chi connectivity index (χ0n) is 14.2. The second kappa shape index (κ2) is 6.69. The number of rotatable bonds is 6. The fourth-order valence-corrected chi connectivity index (χ4v) is 3.19. The van der Waals surface area contributed by atoms with Gasteiger partial charge in [0.05, 0.1) is 5.69 Å². The minimum Gasteiger partial charge on any atom is -0.338 e. The number of benzene rings is 1. The maximum atomic E-state index is 14.4. The minimum atomic E-state index is -0.193. The summed E-state index contributed by atoms with van der Waals surface area (Å²) in [7, 11) is 0. The van der Waals surface area contributed by atoms with Crippen molar-refractivity contribution in [1.29, 1.82) is 0 Å². The molecule has 2 aromatic rings. The van der Waals surface area contributed by atoms with Crippen molar-refractivity contribution in [3.8, 4) is 0 Å². The fraction of sp³-hybridized carbons (Fsp3) is 0.450. The van der Waals surface area contributed by atoms with Gasteiger partial charge in [0.15, 0.2) is 0 Å². The van der Waals surface area contributed by atoms with E-state index in [1.165, 1.54) is 24.0 Å². The highest BCUT2D eigenvalue weighted by atomic mass is 19.1. The lowest BCUT2D eigenvalue weighted by atomic mass is 10.0. The predicted octanol–water partition coefficient (Wildman–Crippen LogP) is 5.35. The molecule has 122 valence electrons. The van der Waals surface area contributed by atoms with E-state index in [2.05, 4.69) is 31.1 Å². The third kappa shape index (κ3) is 3.54. The number of anilines is 2. The van der Waals surface area contributed by atoms with Crippen LogP contribution in [0.3, 0.4) is 0 Å². The van der Waals surface area contributed by atoms with Crippen molar-refractivity contribution in [2.24, 2.45) is 5.92 Å². The number of pyridine rings is 1. The van der Waals surface area contributed by atoms with E-state index in [0.29, 0.717) is 5.69 Å². The second-order valence-corrected chi connectivity index (χ2v) is 6.53. The Morgan fingerprint density at radius 2 is 2.00 bits per heavy atom. The number of aryl methyl sites for hydroxylation is 1. The Hall–Kier alpha value is -1.90. The van der Waals surface area contributed by atoms with Crippen LogP contribution in [0.2, 0.25) is 0 Å². The maximum Gasteiger partial charge on any atom is 0.146 e. The molecule has 0 saturated heterocycles. The summed E-state index contributed by atoms with van der Waals surface area (Å²) in [6.07, 6.45) is 7.42. The van der Waals surface area contributed by atoms with E-state index in [9.17, 15) is 4.39 Å². The van der Waals surface area contributed by atoms with Gasteiger partial charge in [-0.15, -0.1) is 0 Å². The molecule has 0 radical (unpaired) electrons. The minimum absolute atomic E-state index is 0.193. The normalized spacial score (nSPS) is 14.1. The summed E-state index contributed by atoms with van der Waals surface area (Å²) in [6, 6.07) is 5.53. The van der Waals surface area contributed by atoms with Gasteiger partial charge in [0.2, 0.25) is 0 Å². The van der Waals surface area contributed by atoms with E-state index in [1.807, 2.05) is 18.3 Å². The standard InChI is InChI=1S/C20H25FN2/c1-4-16-12-22-20(13(3)17(16)5-2)23-19-9-8-15(11-18(19)21)10-14-6-7-14/h8-9,11-12,14H,4-7,10H2,1-3H3,(H,22,23). The molecule has 23 heavy (non-hydrogen) atoms. The Balaban J connectivity index is 1.83. The topological polar surface area (TPSA) is 24.9 Å². The molecule has 3 heteroatoms. The van der Waals surface area contributed by atoms with Crippen molar-refractivity contribution in [1.82, 2.24) is 4.98 Å². The van der Waals surface area contributed by atoms with Gasteiger partial charge in [0, 0.05) is 6.20 Å². The molecule has 0 atom stereocenters. The lowest BCUT2D eigenvalue weighted by Crippen LogP contribution is -2.04. The van der Waals surface area contributed by atoms with E-state index in [4.69, 9.17) is 0 Å². The van der Waals surface area contributed by atoms with E-state index < -0.39 is 0 Å². The third-order valence-electron chi connectivity index (χ3n) is 4.79. The van der Waals surface area contributed by atoms with Crippen LogP contribution in [0.4, 0.5) is 15.9 Å². The first-order valence-corrected chi connectivity index (χ1v) is 8.65. The summed E-state index contributed by atoms with van der Waals surface area (Å²) < 4.78 is 14.4. The van der Waals surface area contributed by atoms with E-state index in [0.717, 1.165) is 42.1 Å². The molecule has 1 fully saturated rings. The van der Waals surface area contributed by atoms with Crippen LogP contribution >= 0.6 is 0 Å². The Kier molecular flexibility index (Phi) is 4.65. The molecular weight excluding hydrogens is 287 g/mol. The highest BCUT2D eigenvalue weighted by Gasteiger charge is 2.21. The molecule has 0 bridgehead atoms. The van der Waals surface area contributed by atoms with Gasteiger partial charge in [-0.1, -0.05) is 19.9 Å². The van der Waals surface area contributed by atoms with Crippen LogP contribution in [0.1, 0.15) is 48.9 Å². The molecule has 1 aromatic heterocycles. The average Bonchev–Trinajstić information content (AvgIpc) is 3.35. The number of hydrogen-bond acceptors (Lipinski definition) is 2. The largest absolute Gasteiger partial charge is 0.338 e. The van der Waals surface area contributed by atoms with Crippen LogP contribution in [0.5, 0.6) is 0 Å². The predicted molar refractivity (Wildman–Crippen MR) is 93.8 cm³/mol. The zero-order chi connectivity index (χ0) is 16.4. The Labute approximate surface area is 138 Å². The number of hydrogen-bond donors (Lipinski definition) is 1. The Morgan fingerprint density at radius 1 is 1.22 bits per heavy atom. The van der Waals surface area contributed by atoms with Crippen LogP contribution in [0, 0.1) is 18.7 Å². The molecule has 1 saturated carbocycles. The molecule has 0 aliphatic heterocycles. The van der Waals surface area contributed by atoms with Crippen molar-refractivity contribution in [2.45, 2.75) is 52.9 Å². The number of nitrogens with one attached hydrogen (secondary N) is 1. The second-order valence-electron chi connectivity index (χ2n) is 6.53. The molecule has 2 nitrogen and oxygen atoms in total. The van der Waals surface area contributed by atoms with Crippen molar-refractivity contribution < 1.29 is 4.39 Å². The van der Waals surface area contributed by atoms with Crippen LogP contribution in [0.25, 0.3) is 0 Å². The molecule has 1 aliphatic rings. The smallest absolute Gasteiger partial charge is 0.146 e. The molecule has 1 aromatic carbocycles. The van der Waals surface area contributed by atoms with Crippen LogP contribution < -0.4 is 5.32 Å². The summed E-state index contributed by atoms with van der Waals surface area (Å²) in [5.74, 6) is 1.33. The summed E-state index contributed by atoms with van der Waals surface area (Å²) in [6.45, 7) is 6.35. The molecule has 0 spiro atoms. The van der Waals surface area contributed by atoms with E-state index in [-0.39, 0.29) is 5.82 Å². The first-order valence-electron chi connectivity index (χ1n) is 8.65. The average molecular weight is 312 g/mol. The summed E-state index contributed by atoms with van der Waals surface area (Å²) >= 11 is 0. The van der Waals surface area contributed by atoms with Crippen LogP contribution in [0.15, 0.2) is 24.4 Å². The van der Waals surface area contributed by atoms with E-state index >= 15 is 0 Å². The summed E-state index contributed by atoms with van der Waals surface area (Å²) in [4.78, 5) is 4.50. The SMILES string of the molecule is CCc1cnc(Nc2ccc(CC3CC3)cc2F)c(C)c1CC. The monoisotopic (exact) mass is 312 g/mol. The highest BCUT2D eigenvalue weighted by Crippen LogP contribution is 2.33. The molecule has 1 aliphatic carbocycles. The molecular formula is C20H25FN2. The number of halogens is 1. The van der Waals surface area contributed by atoms with Gasteiger partial charge in [0.25, 0.3) is 0 Å². The van der Waals surface area contributed by atoms with Gasteiger partial charge >= 0.3 is 0 Å². The Bertz CT molecular complexity index is 705. The Morgan fingerprint density at radius 3 is 2.61 bits per heavy atom. The molecule has 0 unspecified atom stereocenters. The molecule has 1 N–H and O–H groups in total. The van der Waals surface area contributed by atoms with Crippen molar-refractivity contribution in [2.75, 3.05) is 5.32 Å². The lowest BCUT2D eigenvalue weighted by molar-refractivity contribution is 0.628. The molecule has 0 amide bonds. The van der Waals surface area contributed by atoms with Gasteiger partial charge < -0.3 is 5.32 Å². The number of nitrogens with zero attached hydrogens (tertiary/aromatic N) is 1. The molecule has 1 heterocycles. The van der Waals surface area contributed by atoms with Crippen molar-refractivity contribution >= 4 is 11.5 Å². The van der Waals surface area contributed by atoms with Crippen LogP contribution in [-0.4, -0.2) is 4.98 Å². The van der Waals surface area contributed by atoms with Gasteiger partial charge in [0.1, 0.15) is 11.6 Å². The number of aromatic nitrogens is 1. The summed E-state index contributed by atoms with van der Waals surface area (Å²) in [5, 5.41) is 3.18. The van der Waals surface area contributed by atoms with Crippen molar-refractivity contribution in [3.63, 3.8) is 0 Å². The first kappa shape index (κ1) is 16.0. The van der Waals surface area contributed by atoms with Crippen LogP contribution in [-0.2, 0) is 19.3 Å².